The van der Waals surface area contributed by atoms with Gasteiger partial charge in [0.15, 0.2) is 0 Å². The van der Waals surface area contributed by atoms with E-state index in [0.29, 0.717) is 23.6 Å². The lowest BCUT2D eigenvalue weighted by atomic mass is 9.77. The maximum absolute atomic E-state index is 13.2. The number of amides is 1. The second-order valence-corrected chi connectivity index (χ2v) is 8.55. The highest BCUT2D eigenvalue weighted by Gasteiger charge is 2.35. The maximum Gasteiger partial charge on any atom is 0.318 e. The fourth-order valence-corrected chi connectivity index (χ4v) is 4.89. The number of anilines is 2. The van der Waals surface area contributed by atoms with Crippen LogP contribution < -0.4 is 15.4 Å². The molecular weight excluding hydrogens is 396 g/mol. The maximum atomic E-state index is 13.2. The molecule has 1 saturated carbocycles. The topological polar surface area (TPSA) is 119 Å². The van der Waals surface area contributed by atoms with E-state index in [1.165, 1.54) is 12.7 Å². The van der Waals surface area contributed by atoms with Crippen LogP contribution in [0, 0.1) is 5.92 Å². The Morgan fingerprint density at radius 2 is 1.87 bits per heavy atom. The van der Waals surface area contributed by atoms with Gasteiger partial charge in [0, 0.05) is 24.6 Å². The number of carbonyl (C=O) groups is 2. The molecule has 2 aromatic rings. The predicted molar refractivity (Wildman–Crippen MR) is 116 cm³/mol. The molecule has 1 amide bonds. The van der Waals surface area contributed by atoms with Crippen molar-refractivity contribution in [3.05, 3.63) is 41.1 Å². The number of aromatic nitrogens is 2. The zero-order valence-electron chi connectivity index (χ0n) is 17.9. The zero-order chi connectivity index (χ0) is 22.1. The van der Waals surface area contributed by atoms with E-state index in [1.807, 2.05) is 19.1 Å². The van der Waals surface area contributed by atoms with Crippen molar-refractivity contribution < 1.29 is 19.4 Å². The summed E-state index contributed by atoms with van der Waals surface area (Å²) in [4.78, 5) is 34.3. The number of ether oxygens (including phenoxy) is 1. The molecule has 8 nitrogen and oxygen atoms in total. The average Bonchev–Trinajstić information content (AvgIpc) is 2.73. The van der Waals surface area contributed by atoms with Gasteiger partial charge in [-0.15, -0.1) is 0 Å². The molecule has 0 bridgehead atoms. The summed E-state index contributed by atoms with van der Waals surface area (Å²) in [5.41, 5.74) is 9.07. The number of nitrogen functional groups attached to an aromatic ring is 1. The van der Waals surface area contributed by atoms with Crippen molar-refractivity contribution in [1.82, 2.24) is 9.97 Å². The number of nitrogens with zero attached hydrogens (tertiary/aromatic N) is 3. The molecule has 1 fully saturated rings. The first-order valence-electron chi connectivity index (χ1n) is 10.7. The molecule has 0 radical (unpaired) electrons. The first-order valence-corrected chi connectivity index (χ1v) is 10.7. The van der Waals surface area contributed by atoms with Crippen molar-refractivity contribution in [2.24, 2.45) is 5.92 Å². The fraction of sp³-hybridized carbons (Fsp3) is 0.478. The highest BCUT2D eigenvalue weighted by atomic mass is 16.5. The van der Waals surface area contributed by atoms with Crippen LogP contribution in [0.5, 0.6) is 6.01 Å². The van der Waals surface area contributed by atoms with E-state index in [4.69, 9.17) is 15.6 Å². The highest BCUT2D eigenvalue weighted by molar-refractivity contribution is 6.11. The van der Waals surface area contributed by atoms with Gasteiger partial charge in [0.05, 0.1) is 12.8 Å². The number of carboxylic acid groups (broad SMARTS) is 1. The Bertz CT molecular complexity index is 984. The Morgan fingerprint density at radius 1 is 1.19 bits per heavy atom. The van der Waals surface area contributed by atoms with Gasteiger partial charge in [-0.05, 0) is 62.1 Å². The number of fused-ring (bicyclic) bond motifs is 1. The number of carbonyl (C=O) groups excluding carboxylic acids is 1. The SMILES string of the molecule is COc1nc(N)c2c(n1)CC(C)N(c1ccc(C3CCC(CC(=O)O)CC3)cc1)C2=O. The van der Waals surface area contributed by atoms with Gasteiger partial charge in [-0.3, -0.25) is 9.59 Å². The monoisotopic (exact) mass is 424 g/mol. The van der Waals surface area contributed by atoms with Crippen molar-refractivity contribution in [2.45, 2.75) is 57.4 Å². The Labute approximate surface area is 181 Å². The van der Waals surface area contributed by atoms with Crippen molar-refractivity contribution in [3.63, 3.8) is 0 Å². The lowest BCUT2D eigenvalue weighted by Crippen LogP contribution is -2.45. The molecule has 2 aliphatic rings. The van der Waals surface area contributed by atoms with Crippen molar-refractivity contribution in [1.29, 1.82) is 0 Å². The lowest BCUT2D eigenvalue weighted by Gasteiger charge is -2.34. The quantitative estimate of drug-likeness (QED) is 0.755. The van der Waals surface area contributed by atoms with Crippen molar-refractivity contribution >= 4 is 23.4 Å². The van der Waals surface area contributed by atoms with E-state index in [9.17, 15) is 9.59 Å². The van der Waals surface area contributed by atoms with Gasteiger partial charge < -0.3 is 20.5 Å². The van der Waals surface area contributed by atoms with E-state index in [1.54, 1.807) is 4.90 Å². The fourth-order valence-electron chi connectivity index (χ4n) is 4.89. The van der Waals surface area contributed by atoms with E-state index in [-0.39, 0.29) is 36.1 Å². The molecular formula is C23H28N4O4. The molecule has 1 unspecified atom stereocenters. The summed E-state index contributed by atoms with van der Waals surface area (Å²) in [5, 5.41) is 9.00. The summed E-state index contributed by atoms with van der Waals surface area (Å²) in [5.74, 6) is -0.0504. The molecule has 0 spiro atoms. The van der Waals surface area contributed by atoms with Gasteiger partial charge in [-0.1, -0.05) is 12.1 Å². The number of hydrogen-bond donors (Lipinski definition) is 2. The van der Waals surface area contributed by atoms with Gasteiger partial charge in [0.2, 0.25) is 0 Å². The van der Waals surface area contributed by atoms with Gasteiger partial charge in [-0.2, -0.15) is 9.97 Å². The molecule has 1 aromatic carbocycles. The van der Waals surface area contributed by atoms with E-state index >= 15 is 0 Å². The Balaban J connectivity index is 1.50. The van der Waals surface area contributed by atoms with Crippen LogP contribution in [0.25, 0.3) is 0 Å². The van der Waals surface area contributed by atoms with Gasteiger partial charge in [0.1, 0.15) is 11.4 Å². The largest absolute Gasteiger partial charge is 0.481 e. The number of carboxylic acids is 1. The molecule has 1 atom stereocenters. The van der Waals surface area contributed by atoms with Crippen molar-refractivity contribution in [2.75, 3.05) is 17.7 Å². The summed E-state index contributed by atoms with van der Waals surface area (Å²) in [6, 6.07) is 8.24. The second kappa shape index (κ2) is 8.53. The summed E-state index contributed by atoms with van der Waals surface area (Å²) in [6.45, 7) is 1.99. The zero-order valence-corrected chi connectivity index (χ0v) is 17.9. The molecule has 8 heteroatoms. The molecule has 2 heterocycles. The molecule has 3 N–H and O–H groups in total. The minimum absolute atomic E-state index is 0.0729. The van der Waals surface area contributed by atoms with Crippen LogP contribution in [0.1, 0.15) is 66.6 Å². The van der Waals surface area contributed by atoms with Crippen LogP contribution in [-0.4, -0.2) is 40.1 Å². The number of hydrogen-bond acceptors (Lipinski definition) is 6. The van der Waals surface area contributed by atoms with E-state index in [2.05, 4.69) is 22.1 Å². The van der Waals surface area contributed by atoms with Crippen LogP contribution in [0.2, 0.25) is 0 Å². The second-order valence-electron chi connectivity index (χ2n) is 8.55. The molecule has 1 aliphatic carbocycles. The third kappa shape index (κ3) is 4.19. The Morgan fingerprint density at radius 3 is 2.48 bits per heavy atom. The molecule has 1 aromatic heterocycles. The smallest absolute Gasteiger partial charge is 0.318 e. The predicted octanol–water partition coefficient (Wildman–Crippen LogP) is 3.41. The molecule has 164 valence electrons. The number of rotatable bonds is 5. The number of benzene rings is 1. The number of nitrogens with two attached hydrogens (primary N) is 1. The third-order valence-electron chi connectivity index (χ3n) is 6.49. The lowest BCUT2D eigenvalue weighted by molar-refractivity contribution is -0.138. The molecule has 1 aliphatic heterocycles. The third-order valence-corrected chi connectivity index (χ3v) is 6.49. The molecule has 4 rings (SSSR count). The number of methoxy groups -OCH3 is 1. The van der Waals surface area contributed by atoms with Crippen LogP contribution in [0.15, 0.2) is 24.3 Å². The Kier molecular flexibility index (Phi) is 5.80. The normalized spacial score (nSPS) is 23.4. The van der Waals surface area contributed by atoms with Gasteiger partial charge >= 0.3 is 12.0 Å². The van der Waals surface area contributed by atoms with Crippen LogP contribution in [0.4, 0.5) is 11.5 Å². The molecule has 0 saturated heterocycles. The average molecular weight is 425 g/mol. The minimum Gasteiger partial charge on any atom is -0.481 e. The van der Waals surface area contributed by atoms with Gasteiger partial charge in [0.25, 0.3) is 5.91 Å². The van der Waals surface area contributed by atoms with Crippen LogP contribution >= 0.6 is 0 Å². The first kappa shape index (κ1) is 21.1. The van der Waals surface area contributed by atoms with Crippen LogP contribution in [-0.2, 0) is 11.2 Å². The number of aliphatic carboxylic acids is 1. The van der Waals surface area contributed by atoms with Gasteiger partial charge in [-0.25, -0.2) is 0 Å². The summed E-state index contributed by atoms with van der Waals surface area (Å²) < 4.78 is 5.08. The van der Waals surface area contributed by atoms with E-state index < -0.39 is 5.97 Å². The highest BCUT2D eigenvalue weighted by Crippen LogP contribution is 2.38. The summed E-state index contributed by atoms with van der Waals surface area (Å²) in [6.07, 6.45) is 4.72. The van der Waals surface area contributed by atoms with E-state index in [0.717, 1.165) is 31.4 Å². The first-order chi connectivity index (χ1) is 14.9. The minimum atomic E-state index is -0.709. The van der Waals surface area contributed by atoms with Crippen LogP contribution in [0.3, 0.4) is 0 Å². The standard InChI is InChI=1S/C23H28N4O4/c1-13-11-18-20(21(24)26-23(25-18)31-2)22(30)27(13)17-9-7-16(8-10-17)15-5-3-14(4-6-15)12-19(28)29/h7-10,13-15H,3-6,11-12H2,1-2H3,(H,28,29)(H2,24,25,26). The Hall–Kier alpha value is -3.16. The summed E-state index contributed by atoms with van der Waals surface area (Å²) in [7, 11) is 1.47. The molecule has 31 heavy (non-hydrogen) atoms. The summed E-state index contributed by atoms with van der Waals surface area (Å²) >= 11 is 0. The van der Waals surface area contributed by atoms with Crippen molar-refractivity contribution in [3.8, 4) is 6.01 Å².